The van der Waals surface area contributed by atoms with Gasteiger partial charge in [-0.2, -0.15) is 0 Å². The van der Waals surface area contributed by atoms with E-state index >= 15 is 0 Å². The Morgan fingerprint density at radius 2 is 1.71 bits per heavy atom. The van der Waals surface area contributed by atoms with E-state index in [4.69, 9.17) is 11.6 Å². The van der Waals surface area contributed by atoms with Crippen molar-refractivity contribution in [2.45, 2.75) is 72.1 Å². The van der Waals surface area contributed by atoms with E-state index in [0.717, 1.165) is 30.7 Å². The van der Waals surface area contributed by atoms with Gasteiger partial charge in [0.1, 0.15) is 17.3 Å². The largest absolute Gasteiger partial charge is 0.300 e. The maximum absolute atomic E-state index is 13.7. The molecule has 5 aliphatic rings. The summed E-state index contributed by atoms with van der Waals surface area (Å²) in [5.74, 6) is 1.90. The predicted octanol–water partition coefficient (Wildman–Crippen LogP) is 5.11. The van der Waals surface area contributed by atoms with Crippen molar-refractivity contribution in [1.82, 2.24) is 0 Å². The molecule has 5 rings (SSSR count). The Morgan fingerprint density at radius 1 is 0.964 bits per heavy atom. The van der Waals surface area contributed by atoms with Crippen LogP contribution in [0.5, 0.6) is 0 Å². The fourth-order valence-electron chi connectivity index (χ4n) is 8.26. The van der Waals surface area contributed by atoms with Crippen molar-refractivity contribution >= 4 is 29.0 Å². The molecule has 1 unspecified atom stereocenters. The summed E-state index contributed by atoms with van der Waals surface area (Å²) in [6, 6.07) is 0. The highest BCUT2D eigenvalue weighted by molar-refractivity contribution is 6.30. The van der Waals surface area contributed by atoms with Gasteiger partial charge in [0.2, 0.25) is 0 Å². The molecule has 28 heavy (non-hydrogen) atoms. The molecule has 0 aliphatic heterocycles. The second-order valence-corrected chi connectivity index (χ2v) is 11.3. The maximum atomic E-state index is 13.7. The third-order valence-electron chi connectivity index (χ3n) is 9.86. The molecule has 4 heteroatoms. The third kappa shape index (κ3) is 2.26. The number of allylic oxidation sites excluding steroid dienone is 2. The van der Waals surface area contributed by atoms with Crippen molar-refractivity contribution in [3.63, 3.8) is 0 Å². The standard InChI is InChI=1S/C24H31ClO3/c1-12-4-5-18(25)15-10-17-21-16(11-20(28)24(17,3)22(12)15)23(2)7-6-14(26)8-13(23)9-19(21)27/h12-13,16-17,21-22H,4-11H2,1-3H3/t12-,13+,16+,17+,21-,22?,23+,24-/m1/s1. The van der Waals surface area contributed by atoms with Gasteiger partial charge in [-0.3, -0.25) is 14.4 Å². The Balaban J connectivity index is 1.60. The first-order chi connectivity index (χ1) is 13.2. The normalized spacial score (nSPS) is 50.8. The smallest absolute Gasteiger partial charge is 0.140 e. The van der Waals surface area contributed by atoms with Gasteiger partial charge in [-0.05, 0) is 60.7 Å². The first kappa shape index (κ1) is 19.0. The van der Waals surface area contributed by atoms with Crippen molar-refractivity contribution in [2.75, 3.05) is 0 Å². The quantitative estimate of drug-likeness (QED) is 0.566. The lowest BCUT2D eigenvalue weighted by Crippen LogP contribution is -2.60. The molecule has 0 bridgehead atoms. The van der Waals surface area contributed by atoms with Gasteiger partial charge in [0.05, 0.1) is 0 Å². The van der Waals surface area contributed by atoms with Gasteiger partial charge in [0.25, 0.3) is 0 Å². The van der Waals surface area contributed by atoms with Gasteiger partial charge in [-0.25, -0.2) is 0 Å². The Bertz CT molecular complexity index is 813. The minimum Gasteiger partial charge on any atom is -0.300 e. The molecule has 0 aromatic carbocycles. The average molecular weight is 403 g/mol. The molecule has 0 radical (unpaired) electrons. The van der Waals surface area contributed by atoms with Crippen LogP contribution in [0.15, 0.2) is 10.6 Å². The van der Waals surface area contributed by atoms with Gasteiger partial charge in [0.15, 0.2) is 0 Å². The zero-order valence-electron chi connectivity index (χ0n) is 17.2. The lowest BCUT2D eigenvalue weighted by atomic mass is 9.44. The topological polar surface area (TPSA) is 51.2 Å². The van der Waals surface area contributed by atoms with Crippen molar-refractivity contribution in [3.8, 4) is 0 Å². The Hall–Kier alpha value is -0.960. The van der Waals surface area contributed by atoms with Crippen molar-refractivity contribution in [2.24, 2.45) is 46.3 Å². The molecular formula is C24H31ClO3. The van der Waals surface area contributed by atoms with E-state index in [-0.39, 0.29) is 35.0 Å². The maximum Gasteiger partial charge on any atom is 0.140 e. The van der Waals surface area contributed by atoms with Crippen LogP contribution in [0, 0.1) is 46.3 Å². The third-order valence-corrected chi connectivity index (χ3v) is 10.3. The van der Waals surface area contributed by atoms with Crippen molar-refractivity contribution in [1.29, 1.82) is 0 Å². The second-order valence-electron chi connectivity index (χ2n) is 10.9. The monoisotopic (exact) mass is 402 g/mol. The summed E-state index contributed by atoms with van der Waals surface area (Å²) in [4.78, 5) is 39.2. The molecule has 0 amide bonds. The Morgan fingerprint density at radius 3 is 2.46 bits per heavy atom. The number of ketones is 3. The number of hydrogen-bond acceptors (Lipinski definition) is 3. The SMILES string of the molecule is C[C@@H]1CCC(Cl)=C2C[C@H]3[C@@H]4C(=O)C[C@@H]5CC(=O)CC[C@]5(C)[C@H]4CC(=O)[C@]3(C)C21. The lowest BCUT2D eigenvalue weighted by Gasteiger charge is -2.58. The number of Topliss-reactive ketones (excluding diaryl/α,β-unsaturated/α-hetero) is 3. The number of fused-ring (bicyclic) bond motifs is 7. The lowest BCUT2D eigenvalue weighted by molar-refractivity contribution is -0.166. The number of halogens is 1. The molecule has 5 aliphatic carbocycles. The summed E-state index contributed by atoms with van der Waals surface area (Å²) in [5.41, 5.74) is 0.779. The number of carbonyl (C=O) groups is 3. The van der Waals surface area contributed by atoms with E-state index in [2.05, 4.69) is 20.8 Å². The molecule has 0 aromatic heterocycles. The summed E-state index contributed by atoms with van der Waals surface area (Å²) < 4.78 is 0. The summed E-state index contributed by atoms with van der Waals surface area (Å²) in [6.07, 6.45) is 5.78. The average Bonchev–Trinajstić information content (AvgIpc) is 2.97. The van der Waals surface area contributed by atoms with E-state index in [1.807, 2.05) is 0 Å². The minimum absolute atomic E-state index is 0.0353. The fourth-order valence-corrected chi connectivity index (χ4v) is 8.56. The minimum atomic E-state index is -0.445. The van der Waals surface area contributed by atoms with E-state index < -0.39 is 5.41 Å². The zero-order chi connectivity index (χ0) is 20.0. The second kappa shape index (κ2) is 6.03. The summed E-state index contributed by atoms with van der Waals surface area (Å²) >= 11 is 6.67. The molecular weight excluding hydrogens is 372 g/mol. The van der Waals surface area contributed by atoms with Crippen molar-refractivity contribution in [3.05, 3.63) is 10.6 Å². The molecule has 4 fully saturated rings. The van der Waals surface area contributed by atoms with Gasteiger partial charge in [0, 0.05) is 42.0 Å². The zero-order valence-corrected chi connectivity index (χ0v) is 18.0. The van der Waals surface area contributed by atoms with Crippen LogP contribution in [0.25, 0.3) is 0 Å². The van der Waals surface area contributed by atoms with Gasteiger partial charge >= 0.3 is 0 Å². The molecule has 0 spiro atoms. The van der Waals surface area contributed by atoms with Gasteiger partial charge in [-0.1, -0.05) is 37.9 Å². The number of hydrogen-bond donors (Lipinski definition) is 0. The number of carbonyl (C=O) groups excluding carboxylic acids is 3. The van der Waals surface area contributed by atoms with Crippen LogP contribution in [-0.4, -0.2) is 17.3 Å². The van der Waals surface area contributed by atoms with E-state index in [0.29, 0.717) is 49.0 Å². The van der Waals surface area contributed by atoms with Crippen LogP contribution in [0.1, 0.15) is 72.1 Å². The molecule has 0 saturated heterocycles. The summed E-state index contributed by atoms with van der Waals surface area (Å²) in [6.45, 7) is 6.67. The summed E-state index contributed by atoms with van der Waals surface area (Å²) in [7, 11) is 0. The molecule has 0 heterocycles. The first-order valence-corrected chi connectivity index (χ1v) is 11.5. The first-order valence-electron chi connectivity index (χ1n) is 11.1. The van der Waals surface area contributed by atoms with Crippen LogP contribution >= 0.6 is 11.6 Å². The molecule has 8 atom stereocenters. The summed E-state index contributed by atoms with van der Waals surface area (Å²) in [5, 5.41) is 0.957. The van der Waals surface area contributed by atoms with Gasteiger partial charge in [-0.15, -0.1) is 0 Å². The highest BCUT2D eigenvalue weighted by atomic mass is 35.5. The highest BCUT2D eigenvalue weighted by Gasteiger charge is 2.67. The fraction of sp³-hybridized carbons (Fsp3) is 0.792. The van der Waals surface area contributed by atoms with E-state index in [1.54, 1.807) is 0 Å². The van der Waals surface area contributed by atoms with Crippen LogP contribution in [0.4, 0.5) is 0 Å². The van der Waals surface area contributed by atoms with Gasteiger partial charge < -0.3 is 0 Å². The molecule has 152 valence electrons. The highest BCUT2D eigenvalue weighted by Crippen LogP contribution is 2.68. The predicted molar refractivity (Wildman–Crippen MR) is 108 cm³/mol. The van der Waals surface area contributed by atoms with Crippen LogP contribution in [0.2, 0.25) is 0 Å². The van der Waals surface area contributed by atoms with Crippen LogP contribution < -0.4 is 0 Å². The number of rotatable bonds is 0. The van der Waals surface area contributed by atoms with Crippen LogP contribution in [0.3, 0.4) is 0 Å². The Kier molecular flexibility index (Phi) is 4.10. The Labute approximate surface area is 172 Å². The molecule has 0 N–H and O–H groups in total. The molecule has 3 nitrogen and oxygen atoms in total. The molecule has 4 saturated carbocycles. The molecule has 0 aromatic rings. The van der Waals surface area contributed by atoms with E-state index in [1.165, 1.54) is 5.57 Å². The van der Waals surface area contributed by atoms with Crippen molar-refractivity contribution < 1.29 is 14.4 Å². The van der Waals surface area contributed by atoms with E-state index in [9.17, 15) is 14.4 Å². The van der Waals surface area contributed by atoms with Crippen LogP contribution in [-0.2, 0) is 14.4 Å².